The van der Waals surface area contributed by atoms with Crippen LogP contribution in [0.3, 0.4) is 0 Å². The first-order chi connectivity index (χ1) is 7.20. The third-order valence-electron chi connectivity index (χ3n) is 3.99. The molecular formula is C13H23NO. The molecule has 0 aromatic heterocycles. The van der Waals surface area contributed by atoms with Gasteiger partial charge in [0, 0.05) is 12.0 Å². The number of nitrogens with one attached hydrogen (secondary N) is 1. The molecule has 0 saturated heterocycles. The standard InChI is InChI=1S/C13H23NO/c1-3-4-5-9(2)14-13(15)12-7-10-6-11(10)8-12/h9-12H,3-8H2,1-2H3,(H,14,15). The van der Waals surface area contributed by atoms with E-state index in [0.717, 1.165) is 31.1 Å². The quantitative estimate of drug-likeness (QED) is 0.741. The van der Waals surface area contributed by atoms with Crippen molar-refractivity contribution in [2.45, 2.75) is 58.4 Å². The summed E-state index contributed by atoms with van der Waals surface area (Å²) in [6, 6.07) is 0.370. The highest BCUT2D eigenvalue weighted by Gasteiger charge is 2.47. The minimum Gasteiger partial charge on any atom is -0.353 e. The number of hydrogen-bond acceptors (Lipinski definition) is 1. The van der Waals surface area contributed by atoms with Crippen molar-refractivity contribution in [1.29, 1.82) is 0 Å². The van der Waals surface area contributed by atoms with Gasteiger partial charge in [0.05, 0.1) is 0 Å². The number of fused-ring (bicyclic) bond motifs is 1. The summed E-state index contributed by atoms with van der Waals surface area (Å²) >= 11 is 0. The van der Waals surface area contributed by atoms with Crippen LogP contribution >= 0.6 is 0 Å². The predicted octanol–water partition coefficient (Wildman–Crippen LogP) is 2.73. The molecule has 0 aromatic rings. The second-order valence-corrected chi connectivity index (χ2v) is 5.48. The molecule has 2 fully saturated rings. The highest BCUT2D eigenvalue weighted by molar-refractivity contribution is 5.79. The molecule has 2 aliphatic rings. The van der Waals surface area contributed by atoms with Crippen molar-refractivity contribution >= 4 is 5.91 Å². The molecule has 1 N–H and O–H groups in total. The van der Waals surface area contributed by atoms with E-state index in [1.165, 1.54) is 19.3 Å². The van der Waals surface area contributed by atoms with Crippen LogP contribution in [0.25, 0.3) is 0 Å². The van der Waals surface area contributed by atoms with Gasteiger partial charge in [0.15, 0.2) is 0 Å². The van der Waals surface area contributed by atoms with Crippen molar-refractivity contribution in [3.63, 3.8) is 0 Å². The molecule has 0 radical (unpaired) electrons. The zero-order valence-corrected chi connectivity index (χ0v) is 9.96. The summed E-state index contributed by atoms with van der Waals surface area (Å²) in [5.74, 6) is 2.49. The lowest BCUT2D eigenvalue weighted by Gasteiger charge is -2.17. The van der Waals surface area contributed by atoms with Gasteiger partial charge in [0.1, 0.15) is 0 Å². The summed E-state index contributed by atoms with van der Waals surface area (Å²) in [5, 5.41) is 3.16. The van der Waals surface area contributed by atoms with Crippen LogP contribution < -0.4 is 5.32 Å². The lowest BCUT2D eigenvalue weighted by Crippen LogP contribution is -2.36. The molecular weight excluding hydrogens is 186 g/mol. The van der Waals surface area contributed by atoms with Gasteiger partial charge in [-0.15, -0.1) is 0 Å². The van der Waals surface area contributed by atoms with Gasteiger partial charge in [-0.3, -0.25) is 4.79 Å². The van der Waals surface area contributed by atoms with Crippen molar-refractivity contribution in [3.05, 3.63) is 0 Å². The first-order valence-corrected chi connectivity index (χ1v) is 6.51. The van der Waals surface area contributed by atoms with E-state index < -0.39 is 0 Å². The van der Waals surface area contributed by atoms with Crippen molar-refractivity contribution in [1.82, 2.24) is 5.32 Å². The Hall–Kier alpha value is -0.530. The summed E-state index contributed by atoms with van der Waals surface area (Å²) in [6.45, 7) is 4.32. The number of hydrogen-bond donors (Lipinski definition) is 1. The van der Waals surface area contributed by atoms with Crippen LogP contribution in [0.4, 0.5) is 0 Å². The van der Waals surface area contributed by atoms with Crippen LogP contribution in [0.1, 0.15) is 52.4 Å². The van der Waals surface area contributed by atoms with Gasteiger partial charge in [-0.05, 0) is 44.4 Å². The molecule has 0 bridgehead atoms. The molecule has 1 amide bonds. The van der Waals surface area contributed by atoms with Crippen LogP contribution in [-0.4, -0.2) is 11.9 Å². The van der Waals surface area contributed by atoms with E-state index in [4.69, 9.17) is 0 Å². The van der Waals surface area contributed by atoms with E-state index >= 15 is 0 Å². The van der Waals surface area contributed by atoms with E-state index in [9.17, 15) is 4.79 Å². The summed E-state index contributed by atoms with van der Waals surface area (Å²) in [4.78, 5) is 11.9. The Kier molecular flexibility index (Phi) is 3.32. The predicted molar refractivity (Wildman–Crippen MR) is 61.5 cm³/mol. The summed E-state index contributed by atoms with van der Waals surface area (Å²) in [7, 11) is 0. The van der Waals surface area contributed by atoms with Crippen LogP contribution in [0.15, 0.2) is 0 Å². The SMILES string of the molecule is CCCCC(C)NC(=O)C1CC2CC2C1. The lowest BCUT2D eigenvalue weighted by molar-refractivity contribution is -0.125. The molecule has 86 valence electrons. The fourth-order valence-corrected chi connectivity index (χ4v) is 2.87. The first kappa shape index (κ1) is 11.0. The number of rotatable bonds is 5. The maximum atomic E-state index is 11.9. The van der Waals surface area contributed by atoms with E-state index in [1.54, 1.807) is 0 Å². The van der Waals surface area contributed by atoms with Crippen molar-refractivity contribution < 1.29 is 4.79 Å². The summed E-state index contributed by atoms with van der Waals surface area (Å²) < 4.78 is 0. The first-order valence-electron chi connectivity index (χ1n) is 6.51. The smallest absolute Gasteiger partial charge is 0.223 e. The van der Waals surface area contributed by atoms with E-state index in [1.807, 2.05) is 0 Å². The van der Waals surface area contributed by atoms with Crippen LogP contribution in [-0.2, 0) is 4.79 Å². The van der Waals surface area contributed by atoms with Gasteiger partial charge in [-0.2, -0.15) is 0 Å². The van der Waals surface area contributed by atoms with Gasteiger partial charge >= 0.3 is 0 Å². The van der Waals surface area contributed by atoms with Crippen LogP contribution in [0, 0.1) is 17.8 Å². The lowest BCUT2D eigenvalue weighted by atomic mass is 10.0. The minimum absolute atomic E-state index is 0.325. The zero-order chi connectivity index (χ0) is 10.8. The van der Waals surface area contributed by atoms with E-state index in [-0.39, 0.29) is 0 Å². The Bertz CT molecular complexity index is 229. The Morgan fingerprint density at radius 1 is 1.33 bits per heavy atom. The molecule has 3 unspecified atom stereocenters. The van der Waals surface area contributed by atoms with Crippen LogP contribution in [0.2, 0.25) is 0 Å². The Balaban J connectivity index is 1.67. The molecule has 0 aliphatic heterocycles. The number of unbranched alkanes of at least 4 members (excludes halogenated alkanes) is 1. The molecule has 0 heterocycles. The molecule has 15 heavy (non-hydrogen) atoms. The Morgan fingerprint density at radius 2 is 2.00 bits per heavy atom. The van der Waals surface area contributed by atoms with Gasteiger partial charge in [0.25, 0.3) is 0 Å². The molecule has 0 spiro atoms. The maximum absolute atomic E-state index is 11.9. The van der Waals surface area contributed by atoms with Crippen molar-refractivity contribution in [2.75, 3.05) is 0 Å². The second-order valence-electron chi connectivity index (χ2n) is 5.48. The molecule has 2 heteroatoms. The average Bonchev–Trinajstić information content (AvgIpc) is 2.82. The van der Waals surface area contributed by atoms with E-state index in [0.29, 0.717) is 17.9 Å². The van der Waals surface area contributed by atoms with Crippen molar-refractivity contribution in [3.8, 4) is 0 Å². The highest BCUT2D eigenvalue weighted by Crippen LogP contribution is 2.54. The van der Waals surface area contributed by atoms with Gasteiger partial charge in [-0.1, -0.05) is 19.8 Å². The Labute approximate surface area is 92.8 Å². The topological polar surface area (TPSA) is 29.1 Å². The van der Waals surface area contributed by atoms with Gasteiger partial charge in [-0.25, -0.2) is 0 Å². The molecule has 2 rings (SSSR count). The Morgan fingerprint density at radius 3 is 2.60 bits per heavy atom. The zero-order valence-electron chi connectivity index (χ0n) is 9.96. The fraction of sp³-hybridized carbons (Fsp3) is 0.923. The molecule has 3 atom stereocenters. The second kappa shape index (κ2) is 4.54. The fourth-order valence-electron chi connectivity index (χ4n) is 2.87. The highest BCUT2D eigenvalue weighted by atomic mass is 16.1. The van der Waals surface area contributed by atoms with Gasteiger partial charge < -0.3 is 5.32 Å². The maximum Gasteiger partial charge on any atom is 0.223 e. The van der Waals surface area contributed by atoms with Crippen LogP contribution in [0.5, 0.6) is 0 Å². The molecule has 0 aromatic carbocycles. The van der Waals surface area contributed by atoms with Crippen molar-refractivity contribution in [2.24, 2.45) is 17.8 Å². The minimum atomic E-state index is 0.325. The summed E-state index contributed by atoms with van der Waals surface area (Å²) in [6.07, 6.45) is 7.29. The third-order valence-corrected chi connectivity index (χ3v) is 3.99. The number of amides is 1. The third kappa shape index (κ3) is 2.73. The molecule has 2 saturated carbocycles. The molecule has 2 nitrogen and oxygen atoms in total. The number of carbonyl (C=O) groups is 1. The average molecular weight is 209 g/mol. The van der Waals surface area contributed by atoms with Gasteiger partial charge in [0.2, 0.25) is 5.91 Å². The van der Waals surface area contributed by atoms with E-state index in [2.05, 4.69) is 19.2 Å². The monoisotopic (exact) mass is 209 g/mol. The normalized spacial score (nSPS) is 34.7. The largest absolute Gasteiger partial charge is 0.353 e. The number of carbonyl (C=O) groups excluding carboxylic acids is 1. The molecule has 2 aliphatic carbocycles. The summed E-state index contributed by atoms with van der Waals surface area (Å²) in [5.41, 5.74) is 0.